The van der Waals surface area contributed by atoms with Crippen molar-refractivity contribution in [1.29, 1.82) is 0 Å². The Labute approximate surface area is 180 Å². The molecule has 0 amide bonds. The van der Waals surface area contributed by atoms with Crippen molar-refractivity contribution < 1.29 is 14.3 Å². The van der Waals surface area contributed by atoms with Gasteiger partial charge in [0.2, 0.25) is 0 Å². The number of fused-ring (bicyclic) bond motifs is 1. The van der Waals surface area contributed by atoms with Crippen molar-refractivity contribution in [3.8, 4) is 11.1 Å². The molecule has 1 aromatic heterocycles. The molecular formula is C23H24ClN3O3. The van der Waals surface area contributed by atoms with Gasteiger partial charge in [0.25, 0.3) is 0 Å². The number of nitrogens with one attached hydrogen (secondary N) is 1. The van der Waals surface area contributed by atoms with E-state index in [0.717, 1.165) is 22.3 Å². The van der Waals surface area contributed by atoms with Gasteiger partial charge in [0, 0.05) is 12.4 Å². The fraction of sp³-hybridized carbons (Fsp3) is 0.174. The van der Waals surface area contributed by atoms with Gasteiger partial charge in [-0.1, -0.05) is 36.4 Å². The van der Waals surface area contributed by atoms with Gasteiger partial charge in [0.15, 0.2) is 5.58 Å². The van der Waals surface area contributed by atoms with E-state index in [-0.39, 0.29) is 11.7 Å². The molecule has 4 N–H and O–H groups in total. The summed E-state index contributed by atoms with van der Waals surface area (Å²) in [6, 6.07) is 12.4. The molecule has 6 nitrogen and oxygen atoms in total. The Bertz CT molecular complexity index is 1100. The highest BCUT2D eigenvalue weighted by Crippen LogP contribution is 2.33. The fourth-order valence-electron chi connectivity index (χ4n) is 3.07. The number of aromatic carboxylic acids is 1. The highest BCUT2D eigenvalue weighted by Gasteiger charge is 2.14. The normalized spacial score (nSPS) is 12.7. The lowest BCUT2D eigenvalue weighted by atomic mass is 10.0. The minimum Gasteiger partial charge on any atom is -0.478 e. The number of nitrogens with two attached hydrogens (primary N) is 1. The highest BCUT2D eigenvalue weighted by atomic mass is 35.5. The second-order valence-corrected chi connectivity index (χ2v) is 7.37. The van der Waals surface area contributed by atoms with E-state index in [4.69, 9.17) is 26.9 Å². The number of nitrogens with zero attached hydrogens (tertiary/aromatic N) is 1. The molecule has 30 heavy (non-hydrogen) atoms. The first-order valence-electron chi connectivity index (χ1n) is 9.40. The van der Waals surface area contributed by atoms with E-state index in [1.165, 1.54) is 0 Å². The van der Waals surface area contributed by atoms with E-state index in [1.54, 1.807) is 36.4 Å². The van der Waals surface area contributed by atoms with Gasteiger partial charge >= 0.3 is 5.97 Å². The molecule has 156 valence electrons. The van der Waals surface area contributed by atoms with Crippen LogP contribution in [0, 0.1) is 0 Å². The summed E-state index contributed by atoms with van der Waals surface area (Å²) in [6.07, 6.45) is 3.36. The van der Waals surface area contributed by atoms with Crippen LogP contribution < -0.4 is 11.1 Å². The van der Waals surface area contributed by atoms with E-state index < -0.39 is 5.97 Å². The number of rotatable bonds is 8. The number of allylic oxidation sites excluding steroid dienone is 2. The van der Waals surface area contributed by atoms with Gasteiger partial charge in [-0.2, -0.15) is 0 Å². The van der Waals surface area contributed by atoms with Gasteiger partial charge in [0.05, 0.1) is 29.1 Å². The summed E-state index contributed by atoms with van der Waals surface area (Å²) < 4.78 is 5.93. The Morgan fingerprint density at radius 2 is 2.00 bits per heavy atom. The van der Waals surface area contributed by atoms with Crippen molar-refractivity contribution in [2.24, 2.45) is 5.73 Å². The third-order valence-electron chi connectivity index (χ3n) is 4.94. The molecule has 0 bridgehead atoms. The number of benzene rings is 2. The van der Waals surface area contributed by atoms with Gasteiger partial charge in [0.1, 0.15) is 5.76 Å². The number of furan rings is 1. The average molecular weight is 426 g/mol. The summed E-state index contributed by atoms with van der Waals surface area (Å²) in [6.45, 7) is 6.15. The lowest BCUT2D eigenvalue weighted by molar-refractivity contribution is 0.0697. The maximum absolute atomic E-state index is 11.0. The number of carboxylic acid groups (broad SMARTS) is 1. The molecule has 1 unspecified atom stereocenters. The van der Waals surface area contributed by atoms with Gasteiger partial charge in [-0.05, 0) is 54.5 Å². The van der Waals surface area contributed by atoms with Crippen LogP contribution in [0.5, 0.6) is 0 Å². The summed E-state index contributed by atoms with van der Waals surface area (Å²) in [5.41, 5.74) is 8.61. The molecule has 0 saturated carbocycles. The Morgan fingerprint density at radius 3 is 2.63 bits per heavy atom. The Kier molecular flexibility index (Phi) is 6.50. The van der Waals surface area contributed by atoms with E-state index in [1.807, 2.05) is 37.1 Å². The molecule has 3 rings (SSSR count). The fourth-order valence-corrected chi connectivity index (χ4v) is 3.34. The van der Waals surface area contributed by atoms with E-state index in [0.29, 0.717) is 23.0 Å². The Balaban J connectivity index is 1.79. The topological polar surface area (TPSA) is 91.7 Å². The molecule has 2 aromatic carbocycles. The minimum absolute atomic E-state index is 0.0202. The van der Waals surface area contributed by atoms with Gasteiger partial charge in [-0.15, -0.1) is 0 Å². The maximum Gasteiger partial charge on any atom is 0.335 e. The smallest absolute Gasteiger partial charge is 0.335 e. The molecular weight excluding hydrogens is 402 g/mol. The number of halogens is 1. The van der Waals surface area contributed by atoms with Gasteiger partial charge in [-0.25, -0.2) is 4.79 Å². The molecule has 0 radical (unpaired) electrons. The largest absolute Gasteiger partial charge is 0.478 e. The van der Waals surface area contributed by atoms with Crippen LogP contribution >= 0.6 is 11.6 Å². The second kappa shape index (κ2) is 9.07. The monoisotopic (exact) mass is 425 g/mol. The summed E-state index contributed by atoms with van der Waals surface area (Å²) >= 11 is 6.45. The summed E-state index contributed by atoms with van der Waals surface area (Å²) in [5.74, 6) is 0.400. The molecule has 0 spiro atoms. The minimum atomic E-state index is -0.955. The van der Waals surface area contributed by atoms with E-state index in [9.17, 15) is 4.79 Å². The van der Waals surface area contributed by atoms with Gasteiger partial charge in [-0.3, -0.25) is 5.32 Å². The zero-order valence-electron chi connectivity index (χ0n) is 16.9. The molecule has 0 saturated heterocycles. The third kappa shape index (κ3) is 4.67. The van der Waals surface area contributed by atoms with Crippen molar-refractivity contribution >= 4 is 28.5 Å². The molecule has 7 heteroatoms. The van der Waals surface area contributed by atoms with Crippen LogP contribution in [0.2, 0.25) is 5.02 Å². The second-order valence-electron chi connectivity index (χ2n) is 6.97. The van der Waals surface area contributed by atoms with E-state index in [2.05, 4.69) is 11.9 Å². The molecule has 1 atom stereocenters. The van der Waals surface area contributed by atoms with Crippen LogP contribution in [0.25, 0.3) is 22.1 Å². The summed E-state index contributed by atoms with van der Waals surface area (Å²) in [4.78, 5) is 12.9. The lowest BCUT2D eigenvalue weighted by Gasteiger charge is -2.27. The third-order valence-corrected chi connectivity index (χ3v) is 5.22. The van der Waals surface area contributed by atoms with Crippen LogP contribution in [-0.2, 0) is 6.54 Å². The molecule has 0 aliphatic heterocycles. The van der Waals surface area contributed by atoms with Crippen molar-refractivity contribution in [2.45, 2.75) is 19.6 Å². The van der Waals surface area contributed by atoms with Crippen LogP contribution in [0.3, 0.4) is 0 Å². The highest BCUT2D eigenvalue weighted by molar-refractivity contribution is 6.35. The predicted molar refractivity (Wildman–Crippen MR) is 120 cm³/mol. The SMILES string of the molecule is C=C/C=C(/N)N(C)C(C)NCc1cc2cc(-c3ccc(C(=O)O)cc3)cc(Cl)c2o1. The first-order chi connectivity index (χ1) is 14.3. The molecule has 0 fully saturated rings. The van der Waals surface area contributed by atoms with Gasteiger partial charge < -0.3 is 20.2 Å². The number of hydrogen-bond acceptors (Lipinski definition) is 5. The lowest BCUT2D eigenvalue weighted by Crippen LogP contribution is -2.42. The zero-order chi connectivity index (χ0) is 21.8. The quantitative estimate of drug-likeness (QED) is 0.354. The first-order valence-corrected chi connectivity index (χ1v) is 9.78. The van der Waals surface area contributed by atoms with Crippen molar-refractivity contribution in [1.82, 2.24) is 10.2 Å². The van der Waals surface area contributed by atoms with Crippen LogP contribution in [-0.4, -0.2) is 29.2 Å². The first kappa shape index (κ1) is 21.5. The van der Waals surface area contributed by atoms with Crippen LogP contribution in [0.1, 0.15) is 23.0 Å². The summed E-state index contributed by atoms with van der Waals surface area (Å²) in [7, 11) is 1.89. The van der Waals surface area contributed by atoms with Crippen molar-refractivity contribution in [2.75, 3.05) is 7.05 Å². The zero-order valence-corrected chi connectivity index (χ0v) is 17.6. The Morgan fingerprint density at radius 1 is 1.30 bits per heavy atom. The van der Waals surface area contributed by atoms with E-state index >= 15 is 0 Å². The predicted octanol–water partition coefficient (Wildman–Crippen LogP) is 4.80. The number of carbonyl (C=O) groups is 1. The summed E-state index contributed by atoms with van der Waals surface area (Å²) in [5, 5.41) is 13.8. The molecule has 0 aliphatic carbocycles. The molecule has 3 aromatic rings. The Hall–Kier alpha value is -3.22. The number of hydrogen-bond donors (Lipinski definition) is 3. The van der Waals surface area contributed by atoms with Crippen LogP contribution in [0.15, 0.2) is 71.4 Å². The van der Waals surface area contributed by atoms with Crippen molar-refractivity contribution in [3.63, 3.8) is 0 Å². The maximum atomic E-state index is 11.0. The average Bonchev–Trinajstić information content (AvgIpc) is 3.15. The number of carboxylic acids is 1. The van der Waals surface area contributed by atoms with Crippen molar-refractivity contribution in [3.05, 3.63) is 83.4 Å². The molecule has 1 heterocycles. The standard InChI is InChI=1S/C23H24ClN3O3/c1-4-5-21(25)27(3)14(2)26-13-19-11-18-10-17(12-20(24)22(18)30-19)15-6-8-16(9-7-15)23(28)29/h4-12,14,26H,1,13,25H2,2-3H3,(H,28,29)/b21-5-. The molecule has 0 aliphatic rings. The van der Waals surface area contributed by atoms with Crippen LogP contribution in [0.4, 0.5) is 0 Å².